The third kappa shape index (κ3) is 5.57. The van der Waals surface area contributed by atoms with Crippen LogP contribution < -0.4 is 9.80 Å². The number of piperazine rings is 1. The molecule has 2 aromatic heterocycles. The van der Waals surface area contributed by atoms with E-state index in [-0.39, 0.29) is 5.82 Å². The zero-order chi connectivity index (χ0) is 30.9. The van der Waals surface area contributed by atoms with E-state index < -0.39 is 41.0 Å². The first-order valence-corrected chi connectivity index (χ1v) is 13.7. The Labute approximate surface area is 249 Å². The average molecular weight is 608 g/mol. The minimum atomic E-state index is -4.14. The topological polar surface area (TPSA) is 83.2 Å². The molecule has 3 aromatic carbocycles. The fourth-order valence-electron chi connectivity index (χ4n) is 5.37. The van der Waals surface area contributed by atoms with Crippen molar-refractivity contribution in [3.05, 3.63) is 120 Å². The van der Waals surface area contributed by atoms with Crippen LogP contribution in [0.15, 0.2) is 91.4 Å². The second-order valence-corrected chi connectivity index (χ2v) is 10.5. The van der Waals surface area contributed by atoms with E-state index in [0.29, 0.717) is 11.6 Å². The van der Waals surface area contributed by atoms with Crippen molar-refractivity contribution in [3.63, 3.8) is 0 Å². The van der Waals surface area contributed by atoms with Gasteiger partial charge in [-0.3, -0.25) is 4.98 Å². The molecule has 44 heavy (non-hydrogen) atoms. The Morgan fingerprint density at radius 2 is 1.32 bits per heavy atom. The average Bonchev–Trinajstić information content (AvgIpc) is 3.54. The summed E-state index contributed by atoms with van der Waals surface area (Å²) in [5.74, 6) is -6.75. The lowest BCUT2D eigenvalue weighted by Gasteiger charge is -2.37. The van der Waals surface area contributed by atoms with Crippen molar-refractivity contribution in [2.24, 2.45) is 0 Å². The molecule has 0 saturated carbocycles. The molecule has 0 amide bonds. The molecule has 8 nitrogen and oxygen atoms in total. The van der Waals surface area contributed by atoms with Crippen LogP contribution in [-0.2, 0) is 18.1 Å². The van der Waals surface area contributed by atoms with E-state index >= 15 is 8.78 Å². The van der Waals surface area contributed by atoms with E-state index in [0.717, 1.165) is 72.3 Å². The van der Waals surface area contributed by atoms with Gasteiger partial charge in [-0.2, -0.15) is 8.78 Å². The van der Waals surface area contributed by atoms with Crippen LogP contribution in [0.1, 0.15) is 11.3 Å². The van der Waals surface area contributed by atoms with Crippen molar-refractivity contribution in [3.8, 4) is 11.1 Å². The summed E-state index contributed by atoms with van der Waals surface area (Å²) in [4.78, 5) is 8.37. The number of hydrogen-bond donors (Lipinski definition) is 1. The quantitative estimate of drug-likeness (QED) is 0.244. The Morgan fingerprint density at radius 1 is 0.727 bits per heavy atom. The monoisotopic (exact) mass is 607 g/mol. The van der Waals surface area contributed by atoms with Crippen molar-refractivity contribution >= 4 is 11.4 Å². The third-order valence-corrected chi connectivity index (χ3v) is 7.80. The number of hydrogen-bond acceptors (Lipinski definition) is 7. The lowest BCUT2D eigenvalue weighted by molar-refractivity contribution is -0.207. The molecule has 3 heterocycles. The minimum Gasteiger partial charge on any atom is -0.377 e. The minimum absolute atomic E-state index is 0.270. The highest BCUT2D eigenvalue weighted by Gasteiger charge is 2.58. The normalized spacial score (nSPS) is 15.3. The van der Waals surface area contributed by atoms with Gasteiger partial charge >= 0.3 is 5.92 Å². The number of pyridine rings is 1. The highest BCUT2D eigenvalue weighted by molar-refractivity contribution is 5.66. The van der Waals surface area contributed by atoms with Crippen LogP contribution in [-0.4, -0.2) is 56.5 Å². The summed E-state index contributed by atoms with van der Waals surface area (Å²) in [6.07, 6.45) is 2.24. The molecule has 0 bridgehead atoms. The molecule has 1 atom stereocenters. The van der Waals surface area contributed by atoms with Gasteiger partial charge in [-0.25, -0.2) is 17.9 Å². The first kappa shape index (κ1) is 29.2. The van der Waals surface area contributed by atoms with Crippen LogP contribution in [0, 0.1) is 17.5 Å². The number of aromatic nitrogens is 5. The van der Waals surface area contributed by atoms with Crippen molar-refractivity contribution in [1.29, 1.82) is 0 Å². The molecule has 13 heteroatoms. The van der Waals surface area contributed by atoms with Gasteiger partial charge in [-0.05, 0) is 70.6 Å². The van der Waals surface area contributed by atoms with Crippen LogP contribution in [0.3, 0.4) is 0 Å². The maximum Gasteiger partial charge on any atom is 0.323 e. The predicted octanol–water partition coefficient (Wildman–Crippen LogP) is 5.16. The summed E-state index contributed by atoms with van der Waals surface area (Å²) in [6.45, 7) is 2.15. The maximum absolute atomic E-state index is 16.0. The summed E-state index contributed by atoms with van der Waals surface area (Å²) in [5.41, 5.74) is -1.62. The number of halogens is 5. The number of alkyl halides is 2. The second-order valence-electron chi connectivity index (χ2n) is 10.5. The van der Waals surface area contributed by atoms with Gasteiger partial charge in [0.1, 0.15) is 29.5 Å². The van der Waals surface area contributed by atoms with E-state index in [1.165, 1.54) is 24.4 Å². The van der Waals surface area contributed by atoms with Crippen LogP contribution in [0.2, 0.25) is 0 Å². The van der Waals surface area contributed by atoms with E-state index in [4.69, 9.17) is 0 Å². The first-order valence-electron chi connectivity index (χ1n) is 13.7. The van der Waals surface area contributed by atoms with Crippen molar-refractivity contribution < 1.29 is 27.1 Å². The molecule has 226 valence electrons. The van der Waals surface area contributed by atoms with Crippen molar-refractivity contribution in [1.82, 2.24) is 25.2 Å². The number of nitrogens with zero attached hydrogens (tertiary/aromatic N) is 7. The van der Waals surface area contributed by atoms with E-state index in [2.05, 4.69) is 30.3 Å². The lowest BCUT2D eigenvalue weighted by atomic mass is 9.84. The molecule has 0 radical (unpaired) electrons. The largest absolute Gasteiger partial charge is 0.377 e. The summed E-state index contributed by atoms with van der Waals surface area (Å²) >= 11 is 0. The number of rotatable bonds is 8. The van der Waals surface area contributed by atoms with Crippen LogP contribution in [0.5, 0.6) is 0 Å². The molecule has 1 aliphatic rings. The molecule has 0 spiro atoms. The Balaban J connectivity index is 1.19. The summed E-state index contributed by atoms with van der Waals surface area (Å²) < 4.78 is 74.5. The van der Waals surface area contributed by atoms with Gasteiger partial charge in [0.25, 0.3) is 0 Å². The molecule has 6 rings (SSSR count). The van der Waals surface area contributed by atoms with Crippen molar-refractivity contribution in [2.45, 2.75) is 18.1 Å². The Bertz CT molecular complexity index is 1710. The maximum atomic E-state index is 16.0. The summed E-state index contributed by atoms with van der Waals surface area (Å²) in [7, 11) is 0. The Kier molecular flexibility index (Phi) is 7.72. The smallest absolute Gasteiger partial charge is 0.323 e. The van der Waals surface area contributed by atoms with Gasteiger partial charge < -0.3 is 14.9 Å². The van der Waals surface area contributed by atoms with Gasteiger partial charge in [0.15, 0.2) is 5.60 Å². The molecule has 0 aliphatic carbocycles. The highest BCUT2D eigenvalue weighted by atomic mass is 19.3. The van der Waals surface area contributed by atoms with Gasteiger partial charge in [0.2, 0.25) is 0 Å². The molecule has 1 aliphatic heterocycles. The van der Waals surface area contributed by atoms with Crippen LogP contribution >= 0.6 is 0 Å². The second kappa shape index (κ2) is 11.6. The fraction of sp³-hybridized carbons (Fsp3) is 0.226. The molecule has 5 aromatic rings. The molecule has 1 saturated heterocycles. The number of tetrazole rings is 1. The number of benzene rings is 3. The van der Waals surface area contributed by atoms with E-state index in [9.17, 15) is 18.3 Å². The first-order chi connectivity index (χ1) is 21.1. The Hall–Kier alpha value is -4.91. The van der Waals surface area contributed by atoms with Gasteiger partial charge in [-0.15, -0.1) is 5.10 Å². The zero-order valence-electron chi connectivity index (χ0n) is 23.2. The Morgan fingerprint density at radius 3 is 1.86 bits per heavy atom. The molecule has 1 N–H and O–H groups in total. The summed E-state index contributed by atoms with van der Waals surface area (Å²) in [6, 6.07) is 18.5. The standard InChI is InChI=1S/C31H26F5N7O/c32-23-4-9-26(10-5-23)42-15-13-41(14-16-42)25-7-1-21(2-8-25)22-3-12-29(37-18-22)31(35,36)30(44,19-43-20-38-39-40-43)27-11-6-24(33)17-28(27)34/h1-12,17-18,20,44H,13-16,19H2. The molecular formula is C31H26F5N7O. The highest BCUT2D eigenvalue weighted by Crippen LogP contribution is 2.47. The van der Waals surface area contributed by atoms with Crippen molar-refractivity contribution in [2.75, 3.05) is 36.0 Å². The molecule has 1 fully saturated rings. The molecular weight excluding hydrogens is 581 g/mol. The van der Waals surface area contributed by atoms with Crippen LogP contribution in [0.4, 0.5) is 33.3 Å². The fourth-order valence-corrected chi connectivity index (χ4v) is 5.37. The van der Waals surface area contributed by atoms with E-state index in [1.54, 1.807) is 12.1 Å². The lowest BCUT2D eigenvalue weighted by Crippen LogP contribution is -2.48. The SMILES string of the molecule is OC(Cn1cnnn1)(c1ccc(F)cc1F)C(F)(F)c1ccc(-c2ccc(N3CCN(c4ccc(F)cc4)CC3)cc2)cn1. The zero-order valence-corrected chi connectivity index (χ0v) is 23.2. The predicted molar refractivity (Wildman–Crippen MR) is 152 cm³/mol. The number of aliphatic hydroxyl groups is 1. The summed E-state index contributed by atoms with van der Waals surface area (Å²) in [5, 5.41) is 21.6. The molecule has 1 unspecified atom stereocenters. The van der Waals surface area contributed by atoms with Gasteiger partial charge in [0.05, 0.1) is 6.54 Å². The third-order valence-electron chi connectivity index (χ3n) is 7.80. The van der Waals surface area contributed by atoms with Crippen LogP contribution in [0.25, 0.3) is 11.1 Å². The van der Waals surface area contributed by atoms with Gasteiger partial charge in [-0.1, -0.05) is 18.2 Å². The van der Waals surface area contributed by atoms with E-state index in [1.807, 2.05) is 24.3 Å². The number of anilines is 2. The van der Waals surface area contributed by atoms with Gasteiger partial charge in [0, 0.05) is 60.9 Å².